The molecule has 4 nitrogen and oxygen atoms in total. The molecule has 0 spiro atoms. The van der Waals surface area contributed by atoms with E-state index in [0.29, 0.717) is 0 Å². The van der Waals surface area contributed by atoms with Gasteiger partial charge in [0.15, 0.2) is 0 Å². The van der Waals surface area contributed by atoms with Crippen molar-refractivity contribution >= 4 is 62.6 Å². The molecule has 9 aromatic rings. The summed E-state index contributed by atoms with van der Waals surface area (Å²) in [5, 5.41) is 5.06. The van der Waals surface area contributed by atoms with Crippen molar-refractivity contribution < 1.29 is 0 Å². The van der Waals surface area contributed by atoms with E-state index >= 15 is 0 Å². The summed E-state index contributed by atoms with van der Waals surface area (Å²) in [6, 6.07) is 43.6. The first-order valence-electron chi connectivity index (χ1n) is 13.4. The Balaban J connectivity index is 1.28. The molecule has 0 aliphatic carbocycles. The van der Waals surface area contributed by atoms with Crippen LogP contribution in [0.25, 0.3) is 70.9 Å². The Bertz CT molecular complexity index is 2270. The predicted octanol–water partition coefficient (Wildman–Crippen LogP) is 8.25. The molecular formula is C35H22N4Se. The molecule has 9 rings (SSSR count). The fourth-order valence-electron chi connectivity index (χ4n) is 6.30. The molecule has 0 aliphatic rings. The minimum atomic E-state index is 0.217. The molecule has 5 aromatic carbocycles. The van der Waals surface area contributed by atoms with E-state index in [1.54, 1.807) is 0 Å². The van der Waals surface area contributed by atoms with Crippen LogP contribution in [0.5, 0.6) is 0 Å². The Labute approximate surface area is 235 Å². The summed E-state index contributed by atoms with van der Waals surface area (Å²) in [7, 11) is 0. The topological polar surface area (TPSA) is 27.2 Å². The average Bonchev–Trinajstić information content (AvgIpc) is 3.77. The first-order chi connectivity index (χ1) is 19.9. The summed E-state index contributed by atoms with van der Waals surface area (Å²) < 4.78 is 8.17. The van der Waals surface area contributed by atoms with Gasteiger partial charge in [-0.15, -0.1) is 0 Å². The van der Waals surface area contributed by atoms with E-state index in [1.807, 2.05) is 0 Å². The SMILES string of the molecule is c1ccc2c(c1)c1ccccc1n2-c1ccc(-c2nc3[se]ccn3c2-n2c3ccccc3c3ccccc32)cc1. The van der Waals surface area contributed by atoms with E-state index in [0.717, 1.165) is 27.3 Å². The van der Waals surface area contributed by atoms with Crippen LogP contribution in [0.2, 0.25) is 0 Å². The Morgan fingerprint density at radius 3 is 1.50 bits per heavy atom. The number of hydrogen-bond donors (Lipinski definition) is 0. The van der Waals surface area contributed by atoms with E-state index in [9.17, 15) is 0 Å². The second-order valence-corrected chi connectivity index (χ2v) is 12.0. The van der Waals surface area contributed by atoms with Gasteiger partial charge in [-0.1, -0.05) is 0 Å². The fourth-order valence-corrected chi connectivity index (χ4v) is 7.79. The molecule has 5 heteroatoms. The summed E-state index contributed by atoms with van der Waals surface area (Å²) in [6.45, 7) is 0. The summed E-state index contributed by atoms with van der Waals surface area (Å²) >= 11 is 0.217. The van der Waals surface area contributed by atoms with Gasteiger partial charge in [-0.05, 0) is 0 Å². The molecule has 4 heterocycles. The summed E-state index contributed by atoms with van der Waals surface area (Å²) in [5.74, 6) is 1.10. The molecule has 40 heavy (non-hydrogen) atoms. The van der Waals surface area contributed by atoms with Crippen LogP contribution >= 0.6 is 0 Å². The van der Waals surface area contributed by atoms with Crippen molar-refractivity contribution in [3.8, 4) is 22.8 Å². The minimum absolute atomic E-state index is 0.217. The molecule has 0 radical (unpaired) electrons. The van der Waals surface area contributed by atoms with E-state index in [4.69, 9.17) is 4.98 Å². The number of hydrogen-bond acceptors (Lipinski definition) is 1. The van der Waals surface area contributed by atoms with Crippen molar-refractivity contribution in [1.82, 2.24) is 18.5 Å². The Morgan fingerprint density at radius 1 is 0.500 bits per heavy atom. The summed E-state index contributed by atoms with van der Waals surface area (Å²) in [5.41, 5.74) is 8.11. The van der Waals surface area contributed by atoms with Crippen molar-refractivity contribution in [2.75, 3.05) is 0 Å². The van der Waals surface area contributed by atoms with Gasteiger partial charge >= 0.3 is 236 Å². The second kappa shape index (κ2) is 8.33. The van der Waals surface area contributed by atoms with Gasteiger partial charge in [0.25, 0.3) is 0 Å². The Morgan fingerprint density at radius 2 is 0.975 bits per heavy atom. The van der Waals surface area contributed by atoms with Gasteiger partial charge in [0.1, 0.15) is 0 Å². The Kier molecular flexibility index (Phi) is 4.59. The number of para-hydroxylation sites is 4. The first kappa shape index (κ1) is 22.0. The Hall–Kier alpha value is -4.83. The molecule has 0 saturated carbocycles. The van der Waals surface area contributed by atoms with Gasteiger partial charge in [0, 0.05) is 0 Å². The number of fused-ring (bicyclic) bond motifs is 7. The second-order valence-electron chi connectivity index (χ2n) is 10.1. The van der Waals surface area contributed by atoms with Crippen molar-refractivity contribution in [3.05, 3.63) is 132 Å². The van der Waals surface area contributed by atoms with Gasteiger partial charge in [-0.3, -0.25) is 0 Å². The van der Waals surface area contributed by atoms with Crippen molar-refractivity contribution in [3.63, 3.8) is 0 Å². The average molecular weight is 578 g/mol. The number of benzene rings is 5. The van der Waals surface area contributed by atoms with Crippen LogP contribution in [0, 0.1) is 0 Å². The van der Waals surface area contributed by atoms with E-state index in [1.165, 1.54) is 43.6 Å². The molecule has 0 atom stereocenters. The van der Waals surface area contributed by atoms with Gasteiger partial charge in [-0.2, -0.15) is 0 Å². The zero-order valence-corrected chi connectivity index (χ0v) is 23.1. The van der Waals surface area contributed by atoms with E-state index in [-0.39, 0.29) is 14.5 Å². The normalized spacial score (nSPS) is 12.0. The molecule has 0 fully saturated rings. The molecule has 4 aromatic heterocycles. The molecule has 188 valence electrons. The maximum absolute atomic E-state index is 5.22. The van der Waals surface area contributed by atoms with Crippen molar-refractivity contribution in [1.29, 1.82) is 0 Å². The van der Waals surface area contributed by atoms with Crippen LogP contribution in [0.4, 0.5) is 0 Å². The molecular weight excluding hydrogens is 555 g/mol. The summed E-state index contributed by atoms with van der Waals surface area (Å²) in [6.07, 6.45) is 2.19. The third-order valence-electron chi connectivity index (χ3n) is 8.01. The van der Waals surface area contributed by atoms with Crippen LogP contribution in [0.1, 0.15) is 0 Å². The molecule has 0 N–H and O–H groups in total. The van der Waals surface area contributed by atoms with Crippen LogP contribution in [-0.4, -0.2) is 33.0 Å². The monoisotopic (exact) mass is 578 g/mol. The fraction of sp³-hybridized carbons (Fsp3) is 0. The number of imidazole rings is 1. The first-order valence-corrected chi connectivity index (χ1v) is 15.2. The molecule has 0 bridgehead atoms. The van der Waals surface area contributed by atoms with Crippen LogP contribution in [-0.2, 0) is 0 Å². The molecule has 0 amide bonds. The maximum atomic E-state index is 5.22. The quantitative estimate of drug-likeness (QED) is 0.194. The van der Waals surface area contributed by atoms with Gasteiger partial charge in [0.05, 0.1) is 0 Å². The number of aromatic nitrogens is 4. The number of rotatable bonds is 3. The van der Waals surface area contributed by atoms with E-state index in [2.05, 4.69) is 146 Å². The van der Waals surface area contributed by atoms with Gasteiger partial charge in [0.2, 0.25) is 0 Å². The van der Waals surface area contributed by atoms with Crippen LogP contribution in [0.3, 0.4) is 0 Å². The predicted molar refractivity (Wildman–Crippen MR) is 166 cm³/mol. The number of nitrogens with zero attached hydrogens (tertiary/aromatic N) is 4. The molecule has 0 aliphatic heterocycles. The van der Waals surface area contributed by atoms with Crippen LogP contribution < -0.4 is 0 Å². The molecule has 0 saturated heterocycles. The third-order valence-corrected chi connectivity index (χ3v) is 9.60. The van der Waals surface area contributed by atoms with E-state index < -0.39 is 0 Å². The van der Waals surface area contributed by atoms with Gasteiger partial charge < -0.3 is 0 Å². The zero-order chi connectivity index (χ0) is 26.2. The third kappa shape index (κ3) is 2.99. The zero-order valence-electron chi connectivity index (χ0n) is 21.4. The van der Waals surface area contributed by atoms with Crippen LogP contribution in [0.15, 0.2) is 132 Å². The standard InChI is InChI=1S/C35H22N4Se/c1-5-13-29-25(9-1)26-10-2-6-14-30(26)38(29)24-19-17-23(18-20-24)33-34(37-21-22-40-35(37)36-33)39-31-15-7-3-11-27(31)28-12-4-8-16-32(28)39/h1-22H. The molecule has 0 unspecified atom stereocenters. The van der Waals surface area contributed by atoms with Crippen molar-refractivity contribution in [2.24, 2.45) is 0 Å². The van der Waals surface area contributed by atoms with Crippen molar-refractivity contribution in [2.45, 2.75) is 0 Å². The summed E-state index contributed by atoms with van der Waals surface area (Å²) in [4.78, 5) is 7.48. The van der Waals surface area contributed by atoms with Gasteiger partial charge in [-0.25, -0.2) is 0 Å².